The lowest BCUT2D eigenvalue weighted by Crippen LogP contribution is -2.02. The number of para-hydroxylation sites is 2. The van der Waals surface area contributed by atoms with E-state index in [4.69, 9.17) is 16.0 Å². The molecule has 0 saturated carbocycles. The number of anilines is 1. The summed E-state index contributed by atoms with van der Waals surface area (Å²) in [5.41, 5.74) is 14.1. The van der Waals surface area contributed by atoms with Crippen LogP contribution in [0.5, 0.6) is 0 Å². The van der Waals surface area contributed by atoms with Gasteiger partial charge in [0.15, 0.2) is 0 Å². The summed E-state index contributed by atoms with van der Waals surface area (Å²) in [6.07, 6.45) is 14.6. The van der Waals surface area contributed by atoms with Crippen LogP contribution in [-0.4, -0.2) is 20.2 Å². The highest BCUT2D eigenvalue weighted by Crippen LogP contribution is 2.49. The van der Waals surface area contributed by atoms with Gasteiger partial charge in [-0.2, -0.15) is 5.11 Å². The van der Waals surface area contributed by atoms with E-state index in [0.29, 0.717) is 5.69 Å². The molecule has 0 unspecified atom stereocenters. The number of aromatic nitrogens is 2. The van der Waals surface area contributed by atoms with Gasteiger partial charge in [0.2, 0.25) is 0 Å². The van der Waals surface area contributed by atoms with Crippen molar-refractivity contribution >= 4 is 66.6 Å². The van der Waals surface area contributed by atoms with Crippen LogP contribution < -0.4 is 5.73 Å². The molecule has 0 radical (unpaired) electrons. The van der Waals surface area contributed by atoms with Crippen molar-refractivity contribution < 1.29 is 9.90 Å². The van der Waals surface area contributed by atoms with Gasteiger partial charge in [-0.05, 0) is 49.2 Å². The highest BCUT2D eigenvalue weighted by Gasteiger charge is 2.25. The van der Waals surface area contributed by atoms with Crippen LogP contribution in [0.15, 0.2) is 83.0 Å². The van der Waals surface area contributed by atoms with Crippen LogP contribution in [0.4, 0.5) is 17.1 Å². The Morgan fingerprint density at radius 1 is 0.625 bits per heavy atom. The minimum atomic E-state index is -0.960. The predicted octanol–water partition coefficient (Wildman–Crippen LogP) is 12.3. The van der Waals surface area contributed by atoms with Crippen molar-refractivity contribution in [3.05, 3.63) is 78.4 Å². The van der Waals surface area contributed by atoms with Crippen LogP contribution in [0.1, 0.15) is 101 Å². The zero-order valence-corrected chi connectivity index (χ0v) is 28.5. The summed E-state index contributed by atoms with van der Waals surface area (Å²) in [5.74, 6) is -0.960. The van der Waals surface area contributed by atoms with Gasteiger partial charge >= 0.3 is 5.97 Å². The minimum absolute atomic E-state index is 0.225. The highest BCUT2D eigenvalue weighted by atomic mass is 16.4. The lowest BCUT2D eigenvalue weighted by molar-refractivity contribution is 0.0697. The second kappa shape index (κ2) is 15.5. The maximum absolute atomic E-state index is 11.5. The second-order valence-electron chi connectivity index (χ2n) is 13.1. The Bertz CT molecular complexity index is 2050. The number of hydrogen-bond donors (Lipinski definition) is 2. The number of hydrogen-bond acceptors (Lipinski definition) is 4. The van der Waals surface area contributed by atoms with Gasteiger partial charge in [0.1, 0.15) is 5.69 Å². The van der Waals surface area contributed by atoms with Crippen LogP contribution in [0, 0.1) is 0 Å². The number of nitrogen functional groups attached to an aromatic ring is 1. The molecule has 2 heterocycles. The molecule has 6 rings (SSSR count). The van der Waals surface area contributed by atoms with E-state index < -0.39 is 5.97 Å². The fraction of sp³-hybridized carbons (Fsp3) is 0.390. The van der Waals surface area contributed by atoms with Gasteiger partial charge in [0.05, 0.1) is 28.0 Å². The molecule has 0 spiro atoms. The SMILES string of the molecule is CCCCCCCCn1c2ccccc2c2c(N=Nc3ccc(C(=O)O)cc3)c3c(c(N)c21)c1ccccc1n3CCCCCCCC. The molecular formula is C41H49N5O2. The number of azo groups is 1. The maximum atomic E-state index is 11.5. The topological polar surface area (TPSA) is 97.9 Å². The first-order valence-electron chi connectivity index (χ1n) is 18.0. The van der Waals surface area contributed by atoms with E-state index in [0.717, 1.165) is 80.9 Å². The molecule has 6 aromatic rings. The molecule has 250 valence electrons. The zero-order valence-electron chi connectivity index (χ0n) is 28.5. The van der Waals surface area contributed by atoms with Gasteiger partial charge in [0.25, 0.3) is 0 Å². The average Bonchev–Trinajstić information content (AvgIpc) is 3.62. The molecule has 0 amide bonds. The van der Waals surface area contributed by atoms with E-state index >= 15 is 0 Å². The Kier molecular flexibility index (Phi) is 10.7. The van der Waals surface area contributed by atoms with Crippen molar-refractivity contribution in [2.24, 2.45) is 10.2 Å². The standard InChI is InChI=1S/C41H49N5O2/c1-3-5-7-9-11-17-27-45-34-22-16-14-20-32(34)36-38(44-43-30-25-23-29(24-26-30)41(47)48)40-35(37(42)39(36)45)31-19-13-15-21-33(31)46(40)28-18-12-10-8-6-4-2/h13-16,19-26H,3-12,17-18,27-28,42H2,1-2H3,(H,47,48). The molecule has 0 fully saturated rings. The number of aromatic carboxylic acids is 1. The van der Waals surface area contributed by atoms with Crippen LogP contribution >= 0.6 is 0 Å². The third-order valence-corrected chi connectivity index (χ3v) is 9.78. The van der Waals surface area contributed by atoms with E-state index in [1.165, 1.54) is 64.2 Å². The highest BCUT2D eigenvalue weighted by molar-refractivity contribution is 6.30. The maximum Gasteiger partial charge on any atom is 0.335 e. The van der Waals surface area contributed by atoms with E-state index in [2.05, 4.69) is 71.5 Å². The molecule has 7 heteroatoms. The third-order valence-electron chi connectivity index (χ3n) is 9.78. The van der Waals surface area contributed by atoms with Gasteiger partial charge in [-0.1, -0.05) is 114 Å². The number of nitrogens with zero attached hydrogens (tertiary/aromatic N) is 4. The molecule has 3 N–H and O–H groups in total. The molecule has 0 aliphatic carbocycles. The quantitative estimate of drug-likeness (QED) is 0.0587. The Balaban J connectivity index is 1.56. The molecule has 0 aliphatic heterocycles. The monoisotopic (exact) mass is 643 g/mol. The lowest BCUT2D eigenvalue weighted by Gasteiger charge is -2.13. The Morgan fingerprint density at radius 2 is 1.12 bits per heavy atom. The smallest absolute Gasteiger partial charge is 0.335 e. The first-order chi connectivity index (χ1) is 23.5. The molecule has 0 bridgehead atoms. The average molecular weight is 644 g/mol. The van der Waals surface area contributed by atoms with E-state index in [1.54, 1.807) is 24.3 Å². The van der Waals surface area contributed by atoms with Gasteiger partial charge in [0, 0.05) is 45.7 Å². The van der Waals surface area contributed by atoms with E-state index in [1.807, 2.05) is 0 Å². The summed E-state index contributed by atoms with van der Waals surface area (Å²) < 4.78 is 4.84. The molecule has 2 aromatic heterocycles. The number of benzene rings is 4. The number of unbranched alkanes of at least 4 members (excludes halogenated alkanes) is 10. The van der Waals surface area contributed by atoms with Crippen molar-refractivity contribution in [3.8, 4) is 0 Å². The lowest BCUT2D eigenvalue weighted by atomic mass is 10.0. The van der Waals surface area contributed by atoms with Crippen molar-refractivity contribution in [2.75, 3.05) is 5.73 Å². The fourth-order valence-corrected chi connectivity index (χ4v) is 7.32. The summed E-state index contributed by atoms with van der Waals surface area (Å²) >= 11 is 0. The van der Waals surface area contributed by atoms with Crippen molar-refractivity contribution in [3.63, 3.8) is 0 Å². The Morgan fingerprint density at radius 3 is 1.69 bits per heavy atom. The zero-order chi connectivity index (χ0) is 33.5. The number of fused-ring (bicyclic) bond motifs is 6. The summed E-state index contributed by atoms with van der Waals surface area (Å²) in [4.78, 5) is 11.5. The van der Waals surface area contributed by atoms with Gasteiger partial charge in [-0.25, -0.2) is 4.79 Å². The summed E-state index contributed by atoms with van der Waals surface area (Å²) in [7, 11) is 0. The second-order valence-corrected chi connectivity index (χ2v) is 13.1. The fourth-order valence-electron chi connectivity index (χ4n) is 7.32. The van der Waals surface area contributed by atoms with Crippen molar-refractivity contribution in [1.29, 1.82) is 0 Å². The van der Waals surface area contributed by atoms with Gasteiger partial charge < -0.3 is 20.0 Å². The van der Waals surface area contributed by atoms with Crippen LogP contribution in [0.3, 0.4) is 0 Å². The number of carbonyl (C=O) groups is 1. The number of nitrogens with two attached hydrogens (primary N) is 1. The number of carboxylic acid groups (broad SMARTS) is 1. The van der Waals surface area contributed by atoms with Crippen LogP contribution in [-0.2, 0) is 13.1 Å². The first kappa shape index (κ1) is 33.3. The molecule has 4 aromatic carbocycles. The van der Waals surface area contributed by atoms with Crippen molar-refractivity contribution in [2.45, 2.75) is 104 Å². The number of carboxylic acids is 1. The number of aryl methyl sites for hydroxylation is 2. The molecule has 0 saturated heterocycles. The molecular weight excluding hydrogens is 594 g/mol. The molecule has 0 atom stereocenters. The molecule has 7 nitrogen and oxygen atoms in total. The van der Waals surface area contributed by atoms with E-state index in [-0.39, 0.29) is 5.56 Å². The number of rotatable bonds is 17. The van der Waals surface area contributed by atoms with Crippen LogP contribution in [0.25, 0.3) is 43.6 Å². The third kappa shape index (κ3) is 6.69. The molecule has 48 heavy (non-hydrogen) atoms. The summed E-state index contributed by atoms with van der Waals surface area (Å²) in [6, 6.07) is 23.7. The summed E-state index contributed by atoms with van der Waals surface area (Å²) in [5, 5.41) is 23.5. The normalized spacial score (nSPS) is 12.0. The van der Waals surface area contributed by atoms with E-state index in [9.17, 15) is 9.90 Å². The molecule has 0 aliphatic rings. The minimum Gasteiger partial charge on any atom is -0.478 e. The first-order valence-corrected chi connectivity index (χ1v) is 18.0. The predicted molar refractivity (Wildman–Crippen MR) is 201 cm³/mol. The van der Waals surface area contributed by atoms with Gasteiger partial charge in [-0.3, -0.25) is 0 Å². The Labute approximate surface area is 283 Å². The Hall–Kier alpha value is -4.65. The largest absolute Gasteiger partial charge is 0.478 e. The van der Waals surface area contributed by atoms with Gasteiger partial charge in [-0.15, -0.1) is 5.11 Å². The summed E-state index contributed by atoms with van der Waals surface area (Å²) in [6.45, 7) is 6.26. The van der Waals surface area contributed by atoms with Crippen LogP contribution in [0.2, 0.25) is 0 Å². The van der Waals surface area contributed by atoms with Crippen molar-refractivity contribution in [1.82, 2.24) is 9.13 Å².